The predicted octanol–water partition coefficient (Wildman–Crippen LogP) is 1.52. The van der Waals surface area contributed by atoms with Crippen LogP contribution in [0.25, 0.3) is 0 Å². The van der Waals surface area contributed by atoms with E-state index in [4.69, 9.17) is 9.47 Å². The zero-order valence-electron chi connectivity index (χ0n) is 12.1. The van der Waals surface area contributed by atoms with Crippen molar-refractivity contribution in [3.63, 3.8) is 0 Å². The van der Waals surface area contributed by atoms with E-state index >= 15 is 0 Å². The number of nitrogens with zero attached hydrogens (tertiary/aromatic N) is 2. The number of anilines is 1. The Morgan fingerprint density at radius 3 is 2.70 bits per heavy atom. The van der Waals surface area contributed by atoms with Crippen LogP contribution < -0.4 is 9.64 Å². The molecule has 1 saturated carbocycles. The summed E-state index contributed by atoms with van der Waals surface area (Å²) in [6.07, 6.45) is 1.43. The van der Waals surface area contributed by atoms with Crippen LogP contribution >= 0.6 is 0 Å². The van der Waals surface area contributed by atoms with Crippen molar-refractivity contribution in [3.8, 4) is 5.88 Å². The fourth-order valence-corrected chi connectivity index (χ4v) is 2.81. The van der Waals surface area contributed by atoms with Gasteiger partial charge in [0.2, 0.25) is 5.88 Å². The lowest BCUT2D eigenvalue weighted by Crippen LogP contribution is -2.47. The lowest BCUT2D eigenvalue weighted by molar-refractivity contribution is -0.0902. The summed E-state index contributed by atoms with van der Waals surface area (Å²) in [7, 11) is 0. The molecule has 0 unspecified atom stereocenters. The topological polar surface area (TPSA) is 54.8 Å². The highest BCUT2D eigenvalue weighted by Crippen LogP contribution is 2.34. The van der Waals surface area contributed by atoms with Gasteiger partial charge in [0.1, 0.15) is 11.9 Å². The predicted molar refractivity (Wildman–Crippen MR) is 76.3 cm³/mol. The smallest absolute Gasteiger partial charge is 0.215 e. The first kappa shape index (κ1) is 13.6. The first-order chi connectivity index (χ1) is 9.52. The maximum atomic E-state index is 9.75. The lowest BCUT2D eigenvalue weighted by atomic mass is 9.79. The summed E-state index contributed by atoms with van der Waals surface area (Å²) in [5, 5.41) is 9.75. The zero-order valence-corrected chi connectivity index (χ0v) is 12.1. The molecular weight excluding hydrogens is 256 g/mol. The standard InChI is InChI=1S/C15H22N2O3/c1-11-7-13(17-3-5-19-6-4-17)16-14(8-11)20-12-9-15(2,18)10-12/h7-8,12,18H,3-6,9-10H2,1-2H3. The van der Waals surface area contributed by atoms with Crippen molar-refractivity contribution in [1.82, 2.24) is 4.98 Å². The molecule has 1 N–H and O–H groups in total. The van der Waals surface area contributed by atoms with Crippen molar-refractivity contribution >= 4 is 5.82 Å². The van der Waals surface area contributed by atoms with E-state index in [-0.39, 0.29) is 6.10 Å². The molecule has 3 rings (SSSR count). The molecule has 1 aliphatic heterocycles. The zero-order chi connectivity index (χ0) is 14.2. The Hall–Kier alpha value is -1.33. The number of aromatic nitrogens is 1. The van der Waals surface area contributed by atoms with E-state index in [9.17, 15) is 5.11 Å². The van der Waals surface area contributed by atoms with Crippen LogP contribution in [0.3, 0.4) is 0 Å². The van der Waals surface area contributed by atoms with Gasteiger partial charge in [-0.15, -0.1) is 0 Å². The fraction of sp³-hybridized carbons (Fsp3) is 0.667. The molecule has 110 valence electrons. The average Bonchev–Trinajstić information content (AvgIpc) is 2.37. The molecule has 2 aliphatic rings. The van der Waals surface area contributed by atoms with E-state index in [1.54, 1.807) is 0 Å². The van der Waals surface area contributed by atoms with Crippen LogP contribution in [0, 0.1) is 6.92 Å². The lowest BCUT2D eigenvalue weighted by Gasteiger charge is -2.40. The van der Waals surface area contributed by atoms with Gasteiger partial charge in [0.05, 0.1) is 18.8 Å². The second-order valence-corrected chi connectivity index (χ2v) is 6.09. The quantitative estimate of drug-likeness (QED) is 0.908. The van der Waals surface area contributed by atoms with Crippen molar-refractivity contribution in [2.45, 2.75) is 38.4 Å². The Morgan fingerprint density at radius 1 is 1.35 bits per heavy atom. The van der Waals surface area contributed by atoms with Crippen LogP contribution in [0.1, 0.15) is 25.3 Å². The number of aryl methyl sites for hydroxylation is 1. The molecule has 2 fully saturated rings. The number of aliphatic hydroxyl groups is 1. The van der Waals surface area contributed by atoms with Gasteiger partial charge in [0.25, 0.3) is 0 Å². The largest absolute Gasteiger partial charge is 0.474 e. The molecule has 0 aromatic carbocycles. The molecule has 5 nitrogen and oxygen atoms in total. The van der Waals surface area contributed by atoms with Crippen molar-refractivity contribution in [3.05, 3.63) is 17.7 Å². The molecule has 0 bridgehead atoms. The Bertz CT molecular complexity index is 476. The van der Waals surface area contributed by atoms with Crippen molar-refractivity contribution in [1.29, 1.82) is 0 Å². The minimum Gasteiger partial charge on any atom is -0.474 e. The third-order valence-corrected chi connectivity index (χ3v) is 3.89. The van der Waals surface area contributed by atoms with E-state index < -0.39 is 5.60 Å². The Labute approximate surface area is 119 Å². The van der Waals surface area contributed by atoms with E-state index in [2.05, 4.69) is 22.9 Å². The average molecular weight is 278 g/mol. The summed E-state index contributed by atoms with van der Waals surface area (Å²) in [6, 6.07) is 4.03. The van der Waals surface area contributed by atoms with Crippen LogP contribution in [-0.4, -0.2) is 48.1 Å². The highest BCUT2D eigenvalue weighted by atomic mass is 16.5. The summed E-state index contributed by atoms with van der Waals surface area (Å²) in [4.78, 5) is 6.82. The Balaban J connectivity index is 1.70. The summed E-state index contributed by atoms with van der Waals surface area (Å²) >= 11 is 0. The number of morpholine rings is 1. The third kappa shape index (κ3) is 3.04. The molecule has 0 amide bonds. The van der Waals surface area contributed by atoms with Gasteiger partial charge in [0.15, 0.2) is 0 Å². The van der Waals surface area contributed by atoms with Gasteiger partial charge in [-0.25, -0.2) is 0 Å². The fourth-order valence-electron chi connectivity index (χ4n) is 2.81. The molecule has 0 spiro atoms. The number of hydrogen-bond donors (Lipinski definition) is 1. The normalized spacial score (nSPS) is 29.9. The number of rotatable bonds is 3. The highest BCUT2D eigenvalue weighted by Gasteiger charge is 2.40. The first-order valence-corrected chi connectivity index (χ1v) is 7.22. The van der Waals surface area contributed by atoms with E-state index in [0.29, 0.717) is 18.7 Å². The number of pyridine rings is 1. The monoisotopic (exact) mass is 278 g/mol. The Morgan fingerprint density at radius 2 is 2.05 bits per heavy atom. The van der Waals surface area contributed by atoms with Gasteiger partial charge in [0, 0.05) is 32.0 Å². The van der Waals surface area contributed by atoms with Gasteiger partial charge >= 0.3 is 0 Å². The minimum absolute atomic E-state index is 0.0804. The van der Waals surface area contributed by atoms with Gasteiger partial charge in [-0.3, -0.25) is 0 Å². The second-order valence-electron chi connectivity index (χ2n) is 6.09. The molecule has 1 aliphatic carbocycles. The van der Waals surface area contributed by atoms with E-state index in [1.807, 2.05) is 13.0 Å². The Kier molecular flexibility index (Phi) is 3.56. The molecule has 1 saturated heterocycles. The summed E-state index contributed by atoms with van der Waals surface area (Å²) < 4.78 is 11.2. The van der Waals surface area contributed by atoms with Crippen molar-refractivity contribution < 1.29 is 14.6 Å². The molecule has 20 heavy (non-hydrogen) atoms. The van der Waals surface area contributed by atoms with Gasteiger partial charge in [-0.05, 0) is 25.5 Å². The van der Waals surface area contributed by atoms with Crippen LogP contribution in [-0.2, 0) is 4.74 Å². The van der Waals surface area contributed by atoms with Crippen LogP contribution in [0.5, 0.6) is 5.88 Å². The summed E-state index contributed by atoms with van der Waals surface area (Å²) in [5.41, 5.74) is 0.573. The van der Waals surface area contributed by atoms with E-state index in [1.165, 1.54) is 0 Å². The molecule has 1 aromatic rings. The van der Waals surface area contributed by atoms with Gasteiger partial charge < -0.3 is 19.5 Å². The highest BCUT2D eigenvalue weighted by molar-refractivity contribution is 5.44. The third-order valence-electron chi connectivity index (χ3n) is 3.89. The number of ether oxygens (including phenoxy) is 2. The SMILES string of the molecule is Cc1cc(OC2CC(C)(O)C2)nc(N2CCOCC2)c1. The van der Waals surface area contributed by atoms with Crippen LogP contribution in [0.15, 0.2) is 12.1 Å². The molecular formula is C15H22N2O3. The maximum Gasteiger partial charge on any atom is 0.215 e. The molecule has 2 heterocycles. The first-order valence-electron chi connectivity index (χ1n) is 7.22. The summed E-state index contributed by atoms with van der Waals surface area (Å²) in [5.74, 6) is 1.61. The molecule has 0 atom stereocenters. The maximum absolute atomic E-state index is 9.75. The van der Waals surface area contributed by atoms with E-state index in [0.717, 1.165) is 37.7 Å². The number of hydrogen-bond acceptors (Lipinski definition) is 5. The molecule has 1 aromatic heterocycles. The van der Waals surface area contributed by atoms with Gasteiger partial charge in [-0.2, -0.15) is 4.98 Å². The van der Waals surface area contributed by atoms with Crippen LogP contribution in [0.4, 0.5) is 5.82 Å². The van der Waals surface area contributed by atoms with Crippen LogP contribution in [0.2, 0.25) is 0 Å². The second kappa shape index (κ2) is 5.22. The van der Waals surface area contributed by atoms with Gasteiger partial charge in [-0.1, -0.05) is 0 Å². The molecule has 5 heteroatoms. The van der Waals surface area contributed by atoms with Crippen molar-refractivity contribution in [2.75, 3.05) is 31.2 Å². The van der Waals surface area contributed by atoms with Crippen molar-refractivity contribution in [2.24, 2.45) is 0 Å². The summed E-state index contributed by atoms with van der Waals surface area (Å²) in [6.45, 7) is 7.13. The minimum atomic E-state index is -0.568. The molecule has 0 radical (unpaired) electrons.